The molecule has 0 aliphatic rings. The number of hydrogen-bond acceptors (Lipinski definition) is 3. The molecule has 1 rings (SSSR count). The fraction of sp³-hybridized carbons (Fsp3) is 0.333. The number of aliphatic hydroxyl groups is 1. The smallest absolute Gasteiger partial charge is 0.337 e. The molecular formula is C12H13BrO4. The van der Waals surface area contributed by atoms with Crippen LogP contribution < -0.4 is 0 Å². The van der Waals surface area contributed by atoms with E-state index in [0.29, 0.717) is 5.56 Å². The van der Waals surface area contributed by atoms with Crippen LogP contribution in [0.25, 0.3) is 0 Å². The summed E-state index contributed by atoms with van der Waals surface area (Å²) < 4.78 is 0. The molecule has 0 aliphatic carbocycles. The minimum atomic E-state index is -1.55. The van der Waals surface area contributed by atoms with E-state index >= 15 is 0 Å². The number of benzene rings is 1. The number of carboxylic acid groups (broad SMARTS) is 1. The van der Waals surface area contributed by atoms with Gasteiger partial charge >= 0.3 is 5.97 Å². The molecular weight excluding hydrogens is 288 g/mol. The van der Waals surface area contributed by atoms with Crippen molar-refractivity contribution < 1.29 is 19.8 Å². The number of carbonyl (C=O) groups is 2. The number of aliphatic hydroxyl groups excluding tert-OH is 1. The molecule has 0 aromatic heterocycles. The van der Waals surface area contributed by atoms with Gasteiger partial charge in [-0.25, -0.2) is 4.79 Å². The van der Waals surface area contributed by atoms with Crippen molar-refractivity contribution in [1.82, 2.24) is 0 Å². The lowest BCUT2D eigenvalue weighted by Crippen LogP contribution is -2.12. The Morgan fingerprint density at radius 3 is 2.59 bits per heavy atom. The van der Waals surface area contributed by atoms with Crippen LogP contribution >= 0.6 is 15.9 Å². The Morgan fingerprint density at radius 2 is 2.06 bits per heavy atom. The first-order valence-electron chi connectivity index (χ1n) is 5.03. The quantitative estimate of drug-likeness (QED) is 0.810. The average molecular weight is 301 g/mol. The molecule has 1 unspecified atom stereocenters. The van der Waals surface area contributed by atoms with Crippen LogP contribution in [0.3, 0.4) is 0 Å². The second-order valence-electron chi connectivity index (χ2n) is 3.78. The lowest BCUT2D eigenvalue weighted by molar-refractivity contribution is -0.146. The monoisotopic (exact) mass is 300 g/mol. The van der Waals surface area contributed by atoms with Crippen molar-refractivity contribution in [3.8, 4) is 0 Å². The van der Waals surface area contributed by atoms with Crippen LogP contribution in [0.15, 0.2) is 18.2 Å². The van der Waals surface area contributed by atoms with Gasteiger partial charge in [-0.05, 0) is 23.6 Å². The highest BCUT2D eigenvalue weighted by Crippen LogP contribution is 2.18. The molecule has 0 saturated heterocycles. The number of hydrogen-bond donors (Lipinski definition) is 2. The SMILES string of the molecule is Cc1ccc(C(O)C(=O)O)cc1CC(=O)CBr. The number of rotatable bonds is 5. The highest BCUT2D eigenvalue weighted by atomic mass is 79.9. The average Bonchev–Trinajstić information content (AvgIpc) is 2.30. The third-order valence-corrected chi connectivity index (χ3v) is 3.08. The van der Waals surface area contributed by atoms with Gasteiger partial charge in [0.25, 0.3) is 0 Å². The molecule has 0 saturated carbocycles. The second kappa shape index (κ2) is 5.93. The van der Waals surface area contributed by atoms with Crippen molar-refractivity contribution in [3.05, 3.63) is 34.9 Å². The van der Waals surface area contributed by atoms with E-state index in [1.165, 1.54) is 0 Å². The zero-order valence-electron chi connectivity index (χ0n) is 9.31. The molecule has 1 aromatic carbocycles. The van der Waals surface area contributed by atoms with Crippen LogP contribution in [0.2, 0.25) is 0 Å². The maximum atomic E-state index is 11.3. The molecule has 0 aliphatic heterocycles. The first-order chi connectivity index (χ1) is 7.95. The third kappa shape index (κ3) is 3.64. The minimum absolute atomic E-state index is 0.00932. The summed E-state index contributed by atoms with van der Waals surface area (Å²) in [4.78, 5) is 22.0. The van der Waals surface area contributed by atoms with Gasteiger partial charge in [0.15, 0.2) is 6.10 Å². The summed E-state index contributed by atoms with van der Waals surface area (Å²) in [7, 11) is 0. The molecule has 2 N–H and O–H groups in total. The molecule has 0 spiro atoms. The number of carboxylic acids is 1. The summed E-state index contributed by atoms with van der Waals surface area (Å²) in [5, 5.41) is 18.4. The first kappa shape index (κ1) is 13.9. The van der Waals surface area contributed by atoms with E-state index in [1.807, 2.05) is 6.92 Å². The molecule has 1 atom stereocenters. The van der Waals surface area contributed by atoms with Crippen LogP contribution in [0.1, 0.15) is 22.8 Å². The molecule has 17 heavy (non-hydrogen) atoms. The zero-order valence-corrected chi connectivity index (χ0v) is 10.9. The number of carbonyl (C=O) groups excluding carboxylic acids is 1. The Bertz CT molecular complexity index is 442. The molecule has 0 fully saturated rings. The van der Waals surface area contributed by atoms with Gasteiger partial charge in [-0.2, -0.15) is 0 Å². The fourth-order valence-electron chi connectivity index (χ4n) is 1.45. The maximum Gasteiger partial charge on any atom is 0.337 e. The van der Waals surface area contributed by atoms with Crippen molar-refractivity contribution in [1.29, 1.82) is 0 Å². The van der Waals surface area contributed by atoms with Crippen LogP contribution in [0.5, 0.6) is 0 Å². The summed E-state index contributed by atoms with van der Waals surface area (Å²) in [5.74, 6) is -1.29. The lowest BCUT2D eigenvalue weighted by Gasteiger charge is -2.10. The van der Waals surface area contributed by atoms with E-state index in [0.717, 1.165) is 11.1 Å². The van der Waals surface area contributed by atoms with E-state index in [-0.39, 0.29) is 17.5 Å². The largest absolute Gasteiger partial charge is 0.479 e. The van der Waals surface area contributed by atoms with Gasteiger partial charge in [0.1, 0.15) is 5.78 Å². The van der Waals surface area contributed by atoms with Gasteiger partial charge in [-0.15, -0.1) is 0 Å². The highest BCUT2D eigenvalue weighted by Gasteiger charge is 2.17. The predicted molar refractivity (Wildman–Crippen MR) is 66.3 cm³/mol. The summed E-state index contributed by atoms with van der Waals surface area (Å²) in [5.41, 5.74) is 1.94. The minimum Gasteiger partial charge on any atom is -0.479 e. The standard InChI is InChI=1S/C12H13BrO4/c1-7-2-3-8(11(15)12(16)17)4-9(7)5-10(14)6-13/h2-4,11,15H,5-6H2,1H3,(H,16,17). The summed E-state index contributed by atoms with van der Waals surface area (Å²) in [6.07, 6.45) is -1.31. The molecule has 0 heterocycles. The molecule has 92 valence electrons. The maximum absolute atomic E-state index is 11.3. The summed E-state index contributed by atoms with van der Waals surface area (Å²) in [6, 6.07) is 4.82. The molecule has 0 bridgehead atoms. The number of Topliss-reactive ketones (excluding diaryl/α,β-unsaturated/α-hetero) is 1. The second-order valence-corrected chi connectivity index (χ2v) is 4.34. The van der Waals surface area contributed by atoms with Gasteiger partial charge < -0.3 is 10.2 Å². The summed E-state index contributed by atoms with van der Waals surface area (Å²) in [6.45, 7) is 1.84. The van der Waals surface area contributed by atoms with E-state index in [2.05, 4.69) is 15.9 Å². The Balaban J connectivity index is 3.02. The van der Waals surface area contributed by atoms with E-state index in [4.69, 9.17) is 5.11 Å². The predicted octanol–water partition coefficient (Wildman–Crippen LogP) is 1.62. The third-order valence-electron chi connectivity index (χ3n) is 2.46. The van der Waals surface area contributed by atoms with Crippen molar-refractivity contribution in [2.24, 2.45) is 0 Å². The first-order valence-corrected chi connectivity index (χ1v) is 6.15. The molecule has 1 aromatic rings. The van der Waals surface area contributed by atoms with Gasteiger partial charge in [-0.1, -0.05) is 34.1 Å². The summed E-state index contributed by atoms with van der Waals surface area (Å²) >= 11 is 3.07. The number of halogens is 1. The molecule has 5 heteroatoms. The van der Waals surface area contributed by atoms with Crippen LogP contribution in [-0.4, -0.2) is 27.3 Å². The van der Waals surface area contributed by atoms with E-state index < -0.39 is 12.1 Å². The fourth-order valence-corrected chi connectivity index (χ4v) is 1.65. The van der Waals surface area contributed by atoms with Gasteiger partial charge in [0.2, 0.25) is 0 Å². The highest BCUT2D eigenvalue weighted by molar-refractivity contribution is 9.09. The Morgan fingerprint density at radius 1 is 1.41 bits per heavy atom. The Labute approximate surface area is 107 Å². The number of aryl methyl sites for hydroxylation is 1. The Kier molecular flexibility index (Phi) is 4.84. The molecule has 4 nitrogen and oxygen atoms in total. The number of aliphatic carboxylic acids is 1. The molecule has 0 radical (unpaired) electrons. The van der Waals surface area contributed by atoms with Crippen molar-refractivity contribution >= 4 is 27.7 Å². The molecule has 0 amide bonds. The number of alkyl halides is 1. The van der Waals surface area contributed by atoms with E-state index in [1.54, 1.807) is 18.2 Å². The van der Waals surface area contributed by atoms with Crippen LogP contribution in [-0.2, 0) is 16.0 Å². The lowest BCUT2D eigenvalue weighted by atomic mass is 9.98. The van der Waals surface area contributed by atoms with Gasteiger partial charge in [0.05, 0.1) is 5.33 Å². The Hall–Kier alpha value is -1.20. The topological polar surface area (TPSA) is 74.6 Å². The van der Waals surface area contributed by atoms with Crippen LogP contribution in [0.4, 0.5) is 0 Å². The van der Waals surface area contributed by atoms with Crippen LogP contribution in [0, 0.1) is 6.92 Å². The van der Waals surface area contributed by atoms with Crippen molar-refractivity contribution in [2.45, 2.75) is 19.4 Å². The normalized spacial score (nSPS) is 12.2. The van der Waals surface area contributed by atoms with Gasteiger partial charge in [0, 0.05) is 6.42 Å². The number of ketones is 1. The zero-order chi connectivity index (χ0) is 13.0. The van der Waals surface area contributed by atoms with Crippen molar-refractivity contribution in [2.75, 3.05) is 5.33 Å². The van der Waals surface area contributed by atoms with Gasteiger partial charge in [-0.3, -0.25) is 4.79 Å². The van der Waals surface area contributed by atoms with E-state index in [9.17, 15) is 14.7 Å². The van der Waals surface area contributed by atoms with Crippen molar-refractivity contribution in [3.63, 3.8) is 0 Å².